The SMILES string of the molecule is O=C(O)C1C[C@H]2CCC[C@@H](C1)N2. The zero-order valence-electron chi connectivity index (χ0n) is 7.12. The molecule has 0 saturated carbocycles. The van der Waals surface area contributed by atoms with Crippen molar-refractivity contribution in [1.82, 2.24) is 5.32 Å². The van der Waals surface area contributed by atoms with Crippen LogP contribution in [-0.2, 0) is 4.79 Å². The molecule has 2 heterocycles. The average molecular weight is 169 g/mol. The van der Waals surface area contributed by atoms with Gasteiger partial charge in [-0.1, -0.05) is 6.42 Å². The minimum absolute atomic E-state index is 0.0819. The molecule has 3 nitrogen and oxygen atoms in total. The van der Waals surface area contributed by atoms with E-state index in [4.69, 9.17) is 5.11 Å². The van der Waals surface area contributed by atoms with Gasteiger partial charge in [-0.25, -0.2) is 0 Å². The predicted molar refractivity (Wildman–Crippen MR) is 44.9 cm³/mol. The van der Waals surface area contributed by atoms with Crippen LogP contribution in [-0.4, -0.2) is 23.2 Å². The summed E-state index contributed by atoms with van der Waals surface area (Å²) in [5.41, 5.74) is 0. The number of carboxylic acid groups (broad SMARTS) is 1. The van der Waals surface area contributed by atoms with Gasteiger partial charge in [0.25, 0.3) is 0 Å². The normalized spacial score (nSPS) is 40.8. The molecule has 0 aromatic carbocycles. The van der Waals surface area contributed by atoms with Crippen molar-refractivity contribution in [2.24, 2.45) is 5.92 Å². The van der Waals surface area contributed by atoms with Crippen LogP contribution in [0.15, 0.2) is 0 Å². The van der Waals surface area contributed by atoms with E-state index in [2.05, 4.69) is 5.32 Å². The van der Waals surface area contributed by atoms with E-state index in [0.29, 0.717) is 12.1 Å². The van der Waals surface area contributed by atoms with Gasteiger partial charge in [-0.3, -0.25) is 4.79 Å². The quantitative estimate of drug-likeness (QED) is 0.615. The van der Waals surface area contributed by atoms with Crippen molar-refractivity contribution >= 4 is 5.97 Å². The van der Waals surface area contributed by atoms with E-state index in [-0.39, 0.29) is 5.92 Å². The van der Waals surface area contributed by atoms with Crippen molar-refractivity contribution in [3.05, 3.63) is 0 Å². The maximum Gasteiger partial charge on any atom is 0.306 e. The lowest BCUT2D eigenvalue weighted by atomic mass is 9.80. The molecule has 12 heavy (non-hydrogen) atoms. The van der Waals surface area contributed by atoms with E-state index in [0.717, 1.165) is 12.8 Å². The molecule has 0 radical (unpaired) electrons. The molecule has 2 N–H and O–H groups in total. The van der Waals surface area contributed by atoms with Crippen LogP contribution in [0, 0.1) is 5.92 Å². The van der Waals surface area contributed by atoms with Crippen LogP contribution >= 0.6 is 0 Å². The highest BCUT2D eigenvalue weighted by Crippen LogP contribution is 2.29. The van der Waals surface area contributed by atoms with Crippen LogP contribution in [0.5, 0.6) is 0 Å². The average Bonchev–Trinajstić information content (AvgIpc) is 2.03. The number of hydrogen-bond acceptors (Lipinski definition) is 2. The molecular formula is C9H15NO2. The summed E-state index contributed by atoms with van der Waals surface area (Å²) in [5.74, 6) is -0.685. The third kappa shape index (κ3) is 1.46. The van der Waals surface area contributed by atoms with Crippen molar-refractivity contribution in [2.45, 2.75) is 44.2 Å². The lowest BCUT2D eigenvalue weighted by molar-refractivity contribution is -0.143. The van der Waals surface area contributed by atoms with E-state index in [9.17, 15) is 4.79 Å². The lowest BCUT2D eigenvalue weighted by Crippen LogP contribution is -2.50. The van der Waals surface area contributed by atoms with E-state index < -0.39 is 5.97 Å². The summed E-state index contributed by atoms with van der Waals surface area (Å²) >= 11 is 0. The Morgan fingerprint density at radius 1 is 1.25 bits per heavy atom. The van der Waals surface area contributed by atoms with E-state index >= 15 is 0 Å². The van der Waals surface area contributed by atoms with Gasteiger partial charge in [-0.2, -0.15) is 0 Å². The smallest absolute Gasteiger partial charge is 0.306 e. The molecule has 2 saturated heterocycles. The number of aliphatic carboxylic acids is 1. The third-order valence-corrected chi connectivity index (χ3v) is 3.06. The fourth-order valence-corrected chi connectivity index (χ4v) is 2.47. The molecule has 0 amide bonds. The molecule has 3 heteroatoms. The predicted octanol–water partition coefficient (Wildman–Crippen LogP) is 0.992. The van der Waals surface area contributed by atoms with E-state index in [1.165, 1.54) is 19.3 Å². The maximum atomic E-state index is 10.8. The summed E-state index contributed by atoms with van der Waals surface area (Å²) in [6, 6.07) is 0.970. The maximum absolute atomic E-state index is 10.8. The second-order valence-electron chi connectivity index (χ2n) is 4.00. The molecule has 1 unspecified atom stereocenters. The number of carboxylic acids is 1. The van der Waals surface area contributed by atoms with Gasteiger partial charge in [0.05, 0.1) is 5.92 Å². The summed E-state index contributed by atoms with van der Waals surface area (Å²) in [4.78, 5) is 10.8. The first-order valence-electron chi connectivity index (χ1n) is 4.74. The van der Waals surface area contributed by atoms with Crippen LogP contribution in [0.3, 0.4) is 0 Å². The Balaban J connectivity index is 2.00. The van der Waals surface area contributed by atoms with Gasteiger partial charge in [0, 0.05) is 12.1 Å². The zero-order chi connectivity index (χ0) is 8.55. The molecule has 2 rings (SSSR count). The summed E-state index contributed by atoms with van der Waals surface area (Å²) in [7, 11) is 0. The number of hydrogen-bond donors (Lipinski definition) is 2. The first-order valence-corrected chi connectivity index (χ1v) is 4.74. The van der Waals surface area contributed by atoms with Gasteiger partial charge in [0.1, 0.15) is 0 Å². The summed E-state index contributed by atoms with van der Waals surface area (Å²) in [6.07, 6.45) is 5.28. The van der Waals surface area contributed by atoms with Gasteiger partial charge < -0.3 is 10.4 Å². The number of nitrogens with one attached hydrogen (secondary N) is 1. The Bertz CT molecular complexity index is 181. The second-order valence-corrected chi connectivity index (χ2v) is 4.00. The lowest BCUT2D eigenvalue weighted by Gasteiger charge is -2.38. The molecule has 3 atom stereocenters. The largest absolute Gasteiger partial charge is 0.481 e. The zero-order valence-corrected chi connectivity index (χ0v) is 7.12. The number of carbonyl (C=O) groups is 1. The topological polar surface area (TPSA) is 49.3 Å². The van der Waals surface area contributed by atoms with E-state index in [1.54, 1.807) is 0 Å². The molecular weight excluding hydrogens is 154 g/mol. The monoisotopic (exact) mass is 169 g/mol. The van der Waals surface area contributed by atoms with Crippen molar-refractivity contribution < 1.29 is 9.90 Å². The minimum Gasteiger partial charge on any atom is -0.481 e. The first-order chi connectivity index (χ1) is 5.75. The van der Waals surface area contributed by atoms with Crippen molar-refractivity contribution in [3.63, 3.8) is 0 Å². The Hall–Kier alpha value is -0.570. The highest BCUT2D eigenvalue weighted by molar-refractivity contribution is 5.70. The standard InChI is InChI=1S/C9H15NO2/c11-9(12)6-4-7-2-1-3-8(5-6)10-7/h6-8,10H,1-5H2,(H,11,12)/t6?,7-,8+. The van der Waals surface area contributed by atoms with Gasteiger partial charge in [-0.15, -0.1) is 0 Å². The van der Waals surface area contributed by atoms with Gasteiger partial charge >= 0.3 is 5.97 Å². The fraction of sp³-hybridized carbons (Fsp3) is 0.889. The van der Waals surface area contributed by atoms with Crippen LogP contribution < -0.4 is 5.32 Å². The summed E-state index contributed by atoms with van der Waals surface area (Å²) in [6.45, 7) is 0. The second kappa shape index (κ2) is 3.05. The van der Waals surface area contributed by atoms with Crippen LogP contribution in [0.4, 0.5) is 0 Å². The highest BCUT2D eigenvalue weighted by Gasteiger charge is 2.34. The number of piperidine rings is 2. The van der Waals surface area contributed by atoms with Crippen molar-refractivity contribution in [3.8, 4) is 0 Å². The summed E-state index contributed by atoms with van der Waals surface area (Å²) in [5, 5.41) is 12.3. The van der Waals surface area contributed by atoms with Crippen molar-refractivity contribution in [1.29, 1.82) is 0 Å². The molecule has 2 fully saturated rings. The van der Waals surface area contributed by atoms with Gasteiger partial charge in [-0.05, 0) is 25.7 Å². The fourth-order valence-electron chi connectivity index (χ4n) is 2.47. The number of rotatable bonds is 1. The van der Waals surface area contributed by atoms with Gasteiger partial charge in [0.15, 0.2) is 0 Å². The Morgan fingerprint density at radius 2 is 1.83 bits per heavy atom. The molecule has 0 aromatic rings. The molecule has 2 aliphatic rings. The Morgan fingerprint density at radius 3 is 2.33 bits per heavy atom. The van der Waals surface area contributed by atoms with Crippen molar-refractivity contribution in [2.75, 3.05) is 0 Å². The minimum atomic E-state index is -0.603. The molecule has 2 aliphatic heterocycles. The van der Waals surface area contributed by atoms with Crippen LogP contribution in [0.1, 0.15) is 32.1 Å². The Kier molecular flexibility index (Phi) is 2.05. The molecule has 0 spiro atoms. The Labute approximate surface area is 72.2 Å². The highest BCUT2D eigenvalue weighted by atomic mass is 16.4. The van der Waals surface area contributed by atoms with Crippen LogP contribution in [0.25, 0.3) is 0 Å². The summed E-state index contributed by atoms with van der Waals surface area (Å²) < 4.78 is 0. The molecule has 2 bridgehead atoms. The van der Waals surface area contributed by atoms with E-state index in [1.807, 2.05) is 0 Å². The number of fused-ring (bicyclic) bond motifs is 2. The first kappa shape index (κ1) is 8.05. The third-order valence-electron chi connectivity index (χ3n) is 3.06. The molecule has 68 valence electrons. The molecule has 0 aliphatic carbocycles. The van der Waals surface area contributed by atoms with Crippen LogP contribution in [0.2, 0.25) is 0 Å². The van der Waals surface area contributed by atoms with Gasteiger partial charge in [0.2, 0.25) is 0 Å². The molecule has 0 aromatic heterocycles.